The molecule has 2 saturated heterocycles. The second kappa shape index (κ2) is 11.2. The fourth-order valence-corrected chi connectivity index (χ4v) is 5.03. The third-order valence-corrected chi connectivity index (χ3v) is 7.38. The highest BCUT2D eigenvalue weighted by Gasteiger charge is 2.48. The van der Waals surface area contributed by atoms with Crippen LogP contribution in [0.25, 0.3) is 22.3 Å². The summed E-state index contributed by atoms with van der Waals surface area (Å²) >= 11 is 0. The molecule has 3 heterocycles. The molecule has 0 spiro atoms. The Morgan fingerprint density at radius 3 is 2.12 bits per heavy atom. The van der Waals surface area contributed by atoms with Crippen LogP contribution in [0.3, 0.4) is 0 Å². The predicted octanol–water partition coefficient (Wildman–Crippen LogP) is -1.06. The fraction of sp³-hybridized carbons (Fsp3) is 0.444. The largest absolute Gasteiger partial charge is 0.508 e. The summed E-state index contributed by atoms with van der Waals surface area (Å²) in [6.07, 6.45) is -15.5. The number of hydrogen-bond donors (Lipinski definition) is 9. The van der Waals surface area contributed by atoms with Gasteiger partial charge < -0.3 is 64.6 Å². The summed E-state index contributed by atoms with van der Waals surface area (Å²) in [5, 5.41) is 92.7. The van der Waals surface area contributed by atoms with E-state index in [1.54, 1.807) is 0 Å². The van der Waals surface area contributed by atoms with Gasteiger partial charge in [-0.25, -0.2) is 0 Å². The lowest BCUT2D eigenvalue weighted by atomic mass is 9.89. The quantitative estimate of drug-likeness (QED) is 0.175. The minimum atomic E-state index is -1.86. The summed E-state index contributed by atoms with van der Waals surface area (Å²) in [5.41, 5.74) is -1.05. The maximum Gasteiger partial charge on any atom is 0.197 e. The van der Waals surface area contributed by atoms with E-state index in [9.17, 15) is 50.8 Å². The molecule has 3 aromatic rings. The monoisotopic (exact) mass is 578 g/mol. The van der Waals surface area contributed by atoms with Gasteiger partial charge in [0.2, 0.25) is 0 Å². The molecule has 2 aliphatic heterocycles. The topological polar surface area (TPSA) is 240 Å². The van der Waals surface area contributed by atoms with Crippen molar-refractivity contribution in [1.29, 1.82) is 0 Å². The van der Waals surface area contributed by atoms with Crippen molar-refractivity contribution in [2.45, 2.75) is 68.1 Å². The van der Waals surface area contributed by atoms with Crippen LogP contribution in [0.1, 0.15) is 18.6 Å². The van der Waals surface area contributed by atoms with Crippen LogP contribution in [0, 0.1) is 0 Å². The van der Waals surface area contributed by atoms with Crippen LogP contribution in [0.4, 0.5) is 0 Å². The SMILES string of the molecule is C[C@@H]1O[C@@H](OC[C@H]2O[C@H](c3c(O)cc(O)c4c(=O)cc(-c5ccc(O)cc5)oc34)[C@@H](O)[C@H](O)[C@H]2O)[C@H](O)[C@@H](O)[C@H]1O. The van der Waals surface area contributed by atoms with E-state index in [0.717, 1.165) is 12.1 Å². The Labute approximate surface area is 231 Å². The van der Waals surface area contributed by atoms with Crippen molar-refractivity contribution >= 4 is 11.0 Å². The van der Waals surface area contributed by atoms with Crippen molar-refractivity contribution in [3.63, 3.8) is 0 Å². The molecule has 14 nitrogen and oxygen atoms in total. The van der Waals surface area contributed by atoms with Gasteiger partial charge in [0, 0.05) is 17.7 Å². The molecule has 0 aliphatic carbocycles. The smallest absolute Gasteiger partial charge is 0.197 e. The van der Waals surface area contributed by atoms with Gasteiger partial charge in [0.1, 0.15) is 77.2 Å². The molecule has 41 heavy (non-hydrogen) atoms. The van der Waals surface area contributed by atoms with Gasteiger partial charge in [-0.3, -0.25) is 4.79 Å². The van der Waals surface area contributed by atoms with Crippen molar-refractivity contribution in [1.82, 2.24) is 0 Å². The van der Waals surface area contributed by atoms with Crippen LogP contribution in [0.5, 0.6) is 17.2 Å². The predicted molar refractivity (Wildman–Crippen MR) is 137 cm³/mol. The number of aromatic hydroxyl groups is 3. The van der Waals surface area contributed by atoms with Crippen LogP contribution < -0.4 is 5.43 Å². The summed E-state index contributed by atoms with van der Waals surface area (Å²) < 4.78 is 22.6. The van der Waals surface area contributed by atoms with E-state index >= 15 is 0 Å². The average Bonchev–Trinajstić information content (AvgIpc) is 2.93. The molecule has 0 amide bonds. The fourth-order valence-electron chi connectivity index (χ4n) is 5.03. The summed E-state index contributed by atoms with van der Waals surface area (Å²) in [6, 6.07) is 7.55. The first-order chi connectivity index (χ1) is 19.4. The second-order valence-electron chi connectivity index (χ2n) is 10.1. The van der Waals surface area contributed by atoms with Crippen molar-refractivity contribution in [3.05, 3.63) is 52.2 Å². The molecule has 9 N–H and O–H groups in total. The first-order valence-corrected chi connectivity index (χ1v) is 12.7. The van der Waals surface area contributed by atoms with Gasteiger partial charge in [-0.1, -0.05) is 0 Å². The minimum Gasteiger partial charge on any atom is -0.508 e. The highest BCUT2D eigenvalue weighted by atomic mass is 16.7. The van der Waals surface area contributed by atoms with E-state index < -0.39 is 84.8 Å². The Morgan fingerprint density at radius 1 is 0.780 bits per heavy atom. The molecular weight excluding hydrogens is 548 g/mol. The molecule has 222 valence electrons. The lowest BCUT2D eigenvalue weighted by Crippen LogP contribution is -2.59. The number of benzene rings is 2. The molecule has 5 rings (SSSR count). The number of phenols is 3. The molecule has 0 saturated carbocycles. The first kappa shape index (κ1) is 29.2. The molecule has 14 heteroatoms. The highest BCUT2D eigenvalue weighted by Crippen LogP contribution is 2.44. The van der Waals surface area contributed by atoms with E-state index in [4.69, 9.17) is 18.6 Å². The van der Waals surface area contributed by atoms with Crippen LogP contribution in [-0.2, 0) is 14.2 Å². The minimum absolute atomic E-state index is 0.0159. The zero-order valence-corrected chi connectivity index (χ0v) is 21.5. The second-order valence-corrected chi connectivity index (χ2v) is 10.1. The van der Waals surface area contributed by atoms with Gasteiger partial charge >= 0.3 is 0 Å². The number of aliphatic hydroxyl groups excluding tert-OH is 6. The van der Waals surface area contributed by atoms with E-state index in [2.05, 4.69) is 0 Å². The summed E-state index contributed by atoms with van der Waals surface area (Å²) in [4.78, 5) is 13.0. The maximum atomic E-state index is 13.0. The lowest BCUT2D eigenvalue weighted by molar-refractivity contribution is -0.308. The number of phenolic OH excluding ortho intramolecular Hbond substituents is 3. The molecule has 1 aromatic heterocycles. The number of hydrogen-bond acceptors (Lipinski definition) is 14. The van der Waals surface area contributed by atoms with Gasteiger partial charge in [0.15, 0.2) is 17.3 Å². The van der Waals surface area contributed by atoms with Crippen molar-refractivity contribution in [2.75, 3.05) is 6.61 Å². The molecule has 0 bridgehead atoms. The molecule has 2 aromatic carbocycles. The summed E-state index contributed by atoms with van der Waals surface area (Å²) in [5.74, 6) is -1.35. The number of fused-ring (bicyclic) bond motifs is 1. The Bertz CT molecular complexity index is 1460. The van der Waals surface area contributed by atoms with Crippen molar-refractivity contribution in [2.24, 2.45) is 0 Å². The van der Waals surface area contributed by atoms with Crippen LogP contribution >= 0.6 is 0 Å². The molecule has 2 fully saturated rings. The van der Waals surface area contributed by atoms with Crippen LogP contribution in [0.2, 0.25) is 0 Å². The number of aliphatic hydroxyl groups is 6. The van der Waals surface area contributed by atoms with Crippen LogP contribution in [0.15, 0.2) is 45.6 Å². The first-order valence-electron chi connectivity index (χ1n) is 12.7. The zero-order valence-electron chi connectivity index (χ0n) is 21.5. The normalized spacial score (nSPS) is 34.1. The zero-order chi connectivity index (χ0) is 29.7. The average molecular weight is 579 g/mol. The Balaban J connectivity index is 1.51. The Kier molecular flexibility index (Phi) is 7.95. The van der Waals surface area contributed by atoms with E-state index in [1.807, 2.05) is 0 Å². The van der Waals surface area contributed by atoms with Gasteiger partial charge in [0.25, 0.3) is 0 Å². The van der Waals surface area contributed by atoms with Crippen molar-refractivity contribution < 1.29 is 64.6 Å². The maximum absolute atomic E-state index is 13.0. The lowest BCUT2D eigenvalue weighted by Gasteiger charge is -2.42. The third-order valence-electron chi connectivity index (χ3n) is 7.38. The molecule has 2 aliphatic rings. The van der Waals surface area contributed by atoms with Gasteiger partial charge in [-0.05, 0) is 31.2 Å². The third kappa shape index (κ3) is 5.25. The molecular formula is C27H30O14. The highest BCUT2D eigenvalue weighted by molar-refractivity contribution is 5.89. The molecule has 10 atom stereocenters. The van der Waals surface area contributed by atoms with E-state index in [0.29, 0.717) is 5.56 Å². The van der Waals surface area contributed by atoms with E-state index in [1.165, 1.54) is 31.2 Å². The van der Waals surface area contributed by atoms with Crippen molar-refractivity contribution in [3.8, 4) is 28.6 Å². The summed E-state index contributed by atoms with van der Waals surface area (Å²) in [6.45, 7) is 0.884. The van der Waals surface area contributed by atoms with Crippen LogP contribution in [-0.4, -0.2) is 108 Å². The number of rotatable bonds is 5. The van der Waals surface area contributed by atoms with Gasteiger partial charge in [0.05, 0.1) is 18.3 Å². The Hall–Kier alpha value is -3.31. The van der Waals surface area contributed by atoms with E-state index in [-0.39, 0.29) is 28.0 Å². The standard InChI is InChI=1S/C27H30O14/c1-9-19(32)21(34)24(37)27(39-9)38-8-16-20(33)22(35)23(36)26(41-16)18-13(30)6-12(29)17-14(31)7-15(40-25(17)18)10-2-4-11(28)5-3-10/h2-7,9,16,19-24,26-30,32-37H,8H2,1H3/t9-,16+,19-,20-,21-,22+,23-,24+,26+,27+/m0/s1. The van der Waals surface area contributed by atoms with Gasteiger partial charge in [-0.2, -0.15) is 0 Å². The summed E-state index contributed by atoms with van der Waals surface area (Å²) in [7, 11) is 0. The Morgan fingerprint density at radius 2 is 1.44 bits per heavy atom. The molecule has 0 unspecified atom stereocenters. The van der Waals surface area contributed by atoms with Gasteiger partial charge in [-0.15, -0.1) is 0 Å². The number of ether oxygens (including phenoxy) is 3. The molecule has 0 radical (unpaired) electrons.